The first-order chi connectivity index (χ1) is 10.5. The largest absolute Gasteiger partial charge is 0.376 e. The average Bonchev–Trinajstić information content (AvgIpc) is 2.48. The van der Waals surface area contributed by atoms with Gasteiger partial charge in [-0.2, -0.15) is 0 Å². The molecular formula is C17H20BrN3O. The van der Waals surface area contributed by atoms with Gasteiger partial charge in [0.15, 0.2) is 0 Å². The Kier molecular flexibility index (Phi) is 5.98. The Bertz CT molecular complexity index is 609. The smallest absolute Gasteiger partial charge is 0.243 e. The lowest BCUT2D eigenvalue weighted by molar-refractivity contribution is -0.114. The van der Waals surface area contributed by atoms with Crippen LogP contribution >= 0.6 is 15.9 Å². The van der Waals surface area contributed by atoms with Gasteiger partial charge in [0.1, 0.15) is 0 Å². The van der Waals surface area contributed by atoms with Crippen LogP contribution in [0.2, 0.25) is 0 Å². The van der Waals surface area contributed by atoms with Gasteiger partial charge in [0.2, 0.25) is 5.91 Å². The number of benzene rings is 2. The first-order valence-corrected chi connectivity index (χ1v) is 7.85. The predicted octanol–water partition coefficient (Wildman–Crippen LogP) is 3.56. The van der Waals surface area contributed by atoms with E-state index >= 15 is 0 Å². The lowest BCUT2D eigenvalue weighted by atomic mass is 10.2. The van der Waals surface area contributed by atoms with Gasteiger partial charge < -0.3 is 15.5 Å². The summed E-state index contributed by atoms with van der Waals surface area (Å²) in [5.41, 5.74) is 2.95. The molecule has 0 unspecified atom stereocenters. The van der Waals surface area contributed by atoms with Gasteiger partial charge in [0.05, 0.1) is 6.54 Å². The fourth-order valence-electron chi connectivity index (χ4n) is 2.01. The van der Waals surface area contributed by atoms with Crippen molar-refractivity contribution in [3.63, 3.8) is 0 Å². The second-order valence-electron chi connectivity index (χ2n) is 5.34. The number of amides is 1. The zero-order valence-electron chi connectivity index (χ0n) is 12.8. The normalized spacial score (nSPS) is 10.5. The molecule has 0 aromatic heterocycles. The summed E-state index contributed by atoms with van der Waals surface area (Å²) in [6.45, 7) is 1.13. The van der Waals surface area contributed by atoms with Crippen molar-refractivity contribution in [2.24, 2.45) is 0 Å². The average molecular weight is 362 g/mol. The van der Waals surface area contributed by atoms with Crippen molar-refractivity contribution in [2.75, 3.05) is 31.3 Å². The number of anilines is 2. The third-order valence-corrected chi connectivity index (χ3v) is 3.56. The summed E-state index contributed by atoms with van der Waals surface area (Å²) >= 11 is 3.38. The highest BCUT2D eigenvalue weighted by atomic mass is 79.9. The molecule has 0 fully saturated rings. The number of nitrogens with zero attached hydrogens (tertiary/aromatic N) is 1. The molecule has 4 nitrogen and oxygen atoms in total. The van der Waals surface area contributed by atoms with Crippen molar-refractivity contribution < 1.29 is 4.79 Å². The maximum atomic E-state index is 11.9. The summed E-state index contributed by atoms with van der Waals surface area (Å²) < 4.78 is 1.01. The highest BCUT2D eigenvalue weighted by molar-refractivity contribution is 9.10. The van der Waals surface area contributed by atoms with Crippen LogP contribution in [-0.4, -0.2) is 31.4 Å². The van der Waals surface area contributed by atoms with Gasteiger partial charge in [-0.3, -0.25) is 4.79 Å². The van der Waals surface area contributed by atoms with Crippen LogP contribution < -0.4 is 10.6 Å². The Morgan fingerprint density at radius 3 is 2.18 bits per heavy atom. The van der Waals surface area contributed by atoms with Crippen LogP contribution in [0.5, 0.6) is 0 Å². The Balaban J connectivity index is 1.82. The summed E-state index contributed by atoms with van der Waals surface area (Å²) in [6, 6.07) is 15.6. The molecule has 2 aromatic rings. The lowest BCUT2D eigenvalue weighted by Gasteiger charge is -2.11. The standard InChI is InChI=1S/C17H20BrN3O/c1-21(2)12-13-3-7-16(8-4-13)20-17(22)11-19-15-9-5-14(18)6-10-15/h3-10,19H,11-12H2,1-2H3,(H,20,22). The van der Waals surface area contributed by atoms with Gasteiger partial charge in [0.25, 0.3) is 0 Å². The van der Waals surface area contributed by atoms with Crippen LogP contribution in [0.1, 0.15) is 5.56 Å². The molecule has 0 aliphatic heterocycles. The van der Waals surface area contributed by atoms with Crippen molar-refractivity contribution >= 4 is 33.2 Å². The van der Waals surface area contributed by atoms with E-state index in [9.17, 15) is 4.79 Å². The number of carbonyl (C=O) groups is 1. The third kappa shape index (κ3) is 5.50. The van der Waals surface area contributed by atoms with Gasteiger partial charge in [-0.25, -0.2) is 0 Å². The number of nitrogens with one attached hydrogen (secondary N) is 2. The van der Waals surface area contributed by atoms with E-state index < -0.39 is 0 Å². The molecule has 2 aromatic carbocycles. The zero-order valence-corrected chi connectivity index (χ0v) is 14.4. The summed E-state index contributed by atoms with van der Waals surface area (Å²) in [5, 5.41) is 5.97. The van der Waals surface area contributed by atoms with Gasteiger partial charge in [-0.1, -0.05) is 28.1 Å². The molecule has 1 amide bonds. The number of hydrogen-bond donors (Lipinski definition) is 2. The summed E-state index contributed by atoms with van der Waals surface area (Å²) in [7, 11) is 4.06. The van der Waals surface area contributed by atoms with Crippen molar-refractivity contribution in [2.45, 2.75) is 6.54 Å². The van der Waals surface area contributed by atoms with E-state index in [0.29, 0.717) is 0 Å². The molecule has 0 radical (unpaired) electrons. The van der Waals surface area contributed by atoms with E-state index in [4.69, 9.17) is 0 Å². The van der Waals surface area contributed by atoms with Crippen molar-refractivity contribution in [3.8, 4) is 0 Å². The molecule has 2 N–H and O–H groups in total. The van der Waals surface area contributed by atoms with Crippen molar-refractivity contribution in [1.82, 2.24) is 4.90 Å². The monoisotopic (exact) mass is 361 g/mol. The zero-order chi connectivity index (χ0) is 15.9. The molecule has 0 bridgehead atoms. The first kappa shape index (κ1) is 16.5. The molecule has 22 heavy (non-hydrogen) atoms. The Morgan fingerprint density at radius 2 is 1.59 bits per heavy atom. The molecule has 116 valence electrons. The quantitative estimate of drug-likeness (QED) is 0.826. The van der Waals surface area contributed by atoms with E-state index in [-0.39, 0.29) is 12.5 Å². The molecule has 0 atom stereocenters. The van der Waals surface area contributed by atoms with Crippen LogP contribution in [0.3, 0.4) is 0 Å². The van der Waals surface area contributed by atoms with Gasteiger partial charge in [-0.05, 0) is 56.1 Å². The second kappa shape index (κ2) is 7.96. The third-order valence-electron chi connectivity index (χ3n) is 3.03. The Hall–Kier alpha value is -1.85. The molecule has 0 aliphatic carbocycles. The fraction of sp³-hybridized carbons (Fsp3) is 0.235. The van der Waals surface area contributed by atoms with Crippen LogP contribution in [0, 0.1) is 0 Å². The van der Waals surface area contributed by atoms with Gasteiger partial charge >= 0.3 is 0 Å². The Morgan fingerprint density at radius 1 is 1.00 bits per heavy atom. The molecule has 5 heteroatoms. The first-order valence-electron chi connectivity index (χ1n) is 7.06. The van der Waals surface area contributed by atoms with E-state index in [1.165, 1.54) is 5.56 Å². The van der Waals surface area contributed by atoms with Gasteiger partial charge in [0, 0.05) is 22.4 Å². The number of halogens is 1. The molecule has 0 spiro atoms. The minimum absolute atomic E-state index is 0.0664. The highest BCUT2D eigenvalue weighted by Gasteiger charge is 2.03. The number of rotatable bonds is 6. The molecular weight excluding hydrogens is 342 g/mol. The van der Waals surface area contributed by atoms with E-state index in [1.807, 2.05) is 62.6 Å². The molecule has 2 rings (SSSR count). The second-order valence-corrected chi connectivity index (χ2v) is 6.26. The summed E-state index contributed by atoms with van der Waals surface area (Å²) in [6.07, 6.45) is 0. The minimum atomic E-state index is -0.0664. The Labute approximate surface area is 139 Å². The lowest BCUT2D eigenvalue weighted by Crippen LogP contribution is -2.21. The molecule has 0 saturated carbocycles. The highest BCUT2D eigenvalue weighted by Crippen LogP contribution is 2.14. The summed E-state index contributed by atoms with van der Waals surface area (Å²) in [5.74, 6) is -0.0664. The van der Waals surface area contributed by atoms with Crippen molar-refractivity contribution in [3.05, 3.63) is 58.6 Å². The summed E-state index contributed by atoms with van der Waals surface area (Å²) in [4.78, 5) is 14.0. The molecule has 0 aliphatic rings. The fourth-order valence-corrected chi connectivity index (χ4v) is 2.28. The van der Waals surface area contributed by atoms with E-state index in [0.717, 1.165) is 22.4 Å². The van der Waals surface area contributed by atoms with Gasteiger partial charge in [-0.15, -0.1) is 0 Å². The number of hydrogen-bond acceptors (Lipinski definition) is 3. The van der Waals surface area contributed by atoms with Crippen LogP contribution in [0.15, 0.2) is 53.0 Å². The minimum Gasteiger partial charge on any atom is -0.376 e. The molecule has 0 heterocycles. The maximum absolute atomic E-state index is 11.9. The predicted molar refractivity (Wildman–Crippen MR) is 95.1 cm³/mol. The maximum Gasteiger partial charge on any atom is 0.243 e. The van der Waals surface area contributed by atoms with E-state index in [1.54, 1.807) is 0 Å². The van der Waals surface area contributed by atoms with Crippen LogP contribution in [-0.2, 0) is 11.3 Å². The number of carbonyl (C=O) groups excluding carboxylic acids is 1. The van der Waals surface area contributed by atoms with Crippen molar-refractivity contribution in [1.29, 1.82) is 0 Å². The SMILES string of the molecule is CN(C)Cc1ccc(NC(=O)CNc2ccc(Br)cc2)cc1. The van der Waals surface area contributed by atoms with E-state index in [2.05, 4.69) is 31.5 Å². The van der Waals surface area contributed by atoms with Crippen LogP contribution in [0.25, 0.3) is 0 Å². The van der Waals surface area contributed by atoms with Crippen LogP contribution in [0.4, 0.5) is 11.4 Å². The molecule has 0 saturated heterocycles. The topological polar surface area (TPSA) is 44.4 Å².